The molecule has 1 atom stereocenters. The van der Waals surface area contributed by atoms with Crippen LogP contribution in [0.2, 0.25) is 0 Å². The third-order valence-corrected chi connectivity index (χ3v) is 4.71. The van der Waals surface area contributed by atoms with Crippen LogP contribution >= 0.6 is 0 Å². The molecule has 1 aliphatic rings. The number of carboxylic acid groups (broad SMARTS) is 1. The Morgan fingerprint density at radius 3 is 2.14 bits per heavy atom. The summed E-state index contributed by atoms with van der Waals surface area (Å²) in [6, 6.07) is 6.02. The number of carbonyl (C=O) groups is 2. The van der Waals surface area contributed by atoms with E-state index < -0.39 is 5.97 Å². The Bertz CT molecular complexity index is 535. The topological polar surface area (TPSA) is 57.6 Å². The zero-order valence-corrected chi connectivity index (χ0v) is 13.0. The molecule has 120 valence electrons. The van der Waals surface area contributed by atoms with Crippen LogP contribution in [0, 0.1) is 17.7 Å². The van der Waals surface area contributed by atoms with Crippen LogP contribution in [0.15, 0.2) is 24.3 Å². The molecule has 0 saturated heterocycles. The third kappa shape index (κ3) is 3.64. The van der Waals surface area contributed by atoms with Gasteiger partial charge in [0.15, 0.2) is 0 Å². The number of carbonyl (C=O) groups excluding carboxylic acids is 1. The van der Waals surface area contributed by atoms with Gasteiger partial charge in [-0.2, -0.15) is 0 Å². The normalized spacial score (nSPS) is 22.9. The van der Waals surface area contributed by atoms with Gasteiger partial charge in [-0.05, 0) is 50.3 Å². The van der Waals surface area contributed by atoms with E-state index in [9.17, 15) is 14.0 Å². The van der Waals surface area contributed by atoms with Gasteiger partial charge in [0.25, 0.3) is 0 Å². The van der Waals surface area contributed by atoms with Gasteiger partial charge < -0.3 is 10.0 Å². The summed E-state index contributed by atoms with van der Waals surface area (Å²) in [5.74, 6) is -1.44. The molecule has 22 heavy (non-hydrogen) atoms. The molecular weight excluding hydrogens is 285 g/mol. The van der Waals surface area contributed by atoms with Gasteiger partial charge in [0, 0.05) is 13.0 Å². The van der Waals surface area contributed by atoms with Crippen LogP contribution in [0.4, 0.5) is 4.39 Å². The van der Waals surface area contributed by atoms with Crippen LogP contribution in [0.5, 0.6) is 0 Å². The van der Waals surface area contributed by atoms with Crippen molar-refractivity contribution in [3.05, 3.63) is 35.6 Å². The van der Waals surface area contributed by atoms with Crippen LogP contribution in [0.1, 0.15) is 44.2 Å². The Morgan fingerprint density at radius 1 is 1.14 bits per heavy atom. The summed E-state index contributed by atoms with van der Waals surface area (Å²) in [4.78, 5) is 25.2. The van der Waals surface area contributed by atoms with E-state index in [0.29, 0.717) is 25.7 Å². The minimum Gasteiger partial charge on any atom is -0.481 e. The average molecular weight is 307 g/mol. The maximum atomic E-state index is 13.0. The quantitative estimate of drug-likeness (QED) is 0.929. The van der Waals surface area contributed by atoms with E-state index >= 15 is 0 Å². The molecule has 1 amide bonds. The molecule has 1 N–H and O–H groups in total. The second-order valence-corrected chi connectivity index (χ2v) is 6.06. The third-order valence-electron chi connectivity index (χ3n) is 4.71. The first kappa shape index (κ1) is 16.5. The van der Waals surface area contributed by atoms with Gasteiger partial charge in [0.1, 0.15) is 5.82 Å². The first-order chi connectivity index (χ1) is 10.4. The molecule has 0 heterocycles. The summed E-state index contributed by atoms with van der Waals surface area (Å²) in [5.41, 5.74) is 0.886. The highest BCUT2D eigenvalue weighted by atomic mass is 19.1. The number of rotatable bonds is 4. The van der Waals surface area contributed by atoms with Crippen molar-refractivity contribution in [1.29, 1.82) is 0 Å². The zero-order chi connectivity index (χ0) is 16.3. The van der Waals surface area contributed by atoms with Crippen molar-refractivity contribution in [2.45, 2.75) is 38.6 Å². The monoisotopic (exact) mass is 307 g/mol. The molecule has 1 fully saturated rings. The zero-order valence-electron chi connectivity index (χ0n) is 13.0. The number of aliphatic carboxylic acids is 1. The summed E-state index contributed by atoms with van der Waals surface area (Å²) >= 11 is 0. The maximum absolute atomic E-state index is 13.0. The minimum atomic E-state index is -0.765. The summed E-state index contributed by atoms with van der Waals surface area (Å²) in [7, 11) is 1.75. The van der Waals surface area contributed by atoms with Gasteiger partial charge in [-0.15, -0.1) is 0 Å². The van der Waals surface area contributed by atoms with Gasteiger partial charge in [-0.3, -0.25) is 9.59 Å². The summed E-state index contributed by atoms with van der Waals surface area (Å²) in [6.07, 6.45) is 2.36. The van der Waals surface area contributed by atoms with Crippen LogP contribution in [-0.4, -0.2) is 28.9 Å². The Kier molecular flexibility index (Phi) is 5.16. The first-order valence-corrected chi connectivity index (χ1v) is 7.65. The minimum absolute atomic E-state index is 0.0423. The molecule has 0 aromatic heterocycles. The van der Waals surface area contributed by atoms with E-state index in [0.717, 1.165) is 5.56 Å². The predicted molar refractivity (Wildman–Crippen MR) is 80.7 cm³/mol. The molecule has 2 rings (SSSR count). The second kappa shape index (κ2) is 6.90. The van der Waals surface area contributed by atoms with Crippen molar-refractivity contribution >= 4 is 11.9 Å². The molecular formula is C17H22FNO3. The molecule has 0 radical (unpaired) electrons. The number of nitrogens with zero attached hydrogens (tertiary/aromatic N) is 1. The van der Waals surface area contributed by atoms with Gasteiger partial charge in [0.2, 0.25) is 5.91 Å². The standard InChI is InChI=1S/C17H22FNO3/c1-11(12-7-9-15(18)10-8-12)19(2)16(20)13-3-5-14(6-4-13)17(21)22/h7-11,13-14H,3-6H2,1-2H3,(H,21,22). The van der Waals surface area contributed by atoms with E-state index in [1.807, 2.05) is 6.92 Å². The average Bonchev–Trinajstić information content (AvgIpc) is 2.53. The lowest BCUT2D eigenvalue weighted by Gasteiger charge is -2.32. The molecule has 5 heteroatoms. The Hall–Kier alpha value is -1.91. The van der Waals surface area contributed by atoms with E-state index in [2.05, 4.69) is 0 Å². The molecule has 4 nitrogen and oxygen atoms in total. The number of amides is 1. The fourth-order valence-corrected chi connectivity index (χ4v) is 3.03. The second-order valence-electron chi connectivity index (χ2n) is 6.06. The van der Waals surface area contributed by atoms with Crippen LogP contribution in [0.25, 0.3) is 0 Å². The predicted octanol–water partition coefficient (Wildman–Crippen LogP) is 3.24. The van der Waals surface area contributed by atoms with Crippen molar-refractivity contribution in [2.75, 3.05) is 7.05 Å². The van der Waals surface area contributed by atoms with Crippen molar-refractivity contribution in [1.82, 2.24) is 4.90 Å². The Labute approximate surface area is 129 Å². The highest BCUT2D eigenvalue weighted by Gasteiger charge is 2.32. The number of halogens is 1. The fourth-order valence-electron chi connectivity index (χ4n) is 3.03. The van der Waals surface area contributed by atoms with Gasteiger partial charge in [0.05, 0.1) is 12.0 Å². The number of carboxylic acids is 1. The van der Waals surface area contributed by atoms with Crippen molar-refractivity contribution < 1.29 is 19.1 Å². The van der Waals surface area contributed by atoms with Crippen LogP contribution < -0.4 is 0 Å². The summed E-state index contributed by atoms with van der Waals surface area (Å²) in [5, 5.41) is 9.01. The molecule has 1 saturated carbocycles. The van der Waals surface area contributed by atoms with E-state index in [1.165, 1.54) is 12.1 Å². The van der Waals surface area contributed by atoms with Crippen molar-refractivity contribution in [2.24, 2.45) is 11.8 Å². The first-order valence-electron chi connectivity index (χ1n) is 7.65. The van der Waals surface area contributed by atoms with Gasteiger partial charge >= 0.3 is 5.97 Å². The van der Waals surface area contributed by atoms with Gasteiger partial charge in [-0.1, -0.05) is 12.1 Å². The highest BCUT2D eigenvalue weighted by molar-refractivity contribution is 5.79. The summed E-state index contributed by atoms with van der Waals surface area (Å²) < 4.78 is 13.0. The van der Waals surface area contributed by atoms with Crippen LogP contribution in [0.3, 0.4) is 0 Å². The Morgan fingerprint density at radius 2 is 1.64 bits per heavy atom. The molecule has 0 aliphatic heterocycles. The molecule has 1 unspecified atom stereocenters. The van der Waals surface area contributed by atoms with E-state index in [4.69, 9.17) is 5.11 Å². The number of hydrogen-bond donors (Lipinski definition) is 1. The molecule has 1 aromatic rings. The molecule has 0 spiro atoms. The van der Waals surface area contributed by atoms with Gasteiger partial charge in [-0.25, -0.2) is 4.39 Å². The smallest absolute Gasteiger partial charge is 0.306 e. The lowest BCUT2D eigenvalue weighted by atomic mass is 9.81. The fraction of sp³-hybridized carbons (Fsp3) is 0.529. The number of hydrogen-bond acceptors (Lipinski definition) is 2. The van der Waals surface area contributed by atoms with Crippen molar-refractivity contribution in [3.63, 3.8) is 0 Å². The maximum Gasteiger partial charge on any atom is 0.306 e. The number of benzene rings is 1. The lowest BCUT2D eigenvalue weighted by Crippen LogP contribution is -2.37. The largest absolute Gasteiger partial charge is 0.481 e. The van der Waals surface area contributed by atoms with Crippen LogP contribution in [-0.2, 0) is 9.59 Å². The lowest BCUT2D eigenvalue weighted by molar-refractivity contribution is -0.145. The highest BCUT2D eigenvalue weighted by Crippen LogP contribution is 2.31. The molecule has 0 bridgehead atoms. The Balaban J connectivity index is 1.97. The van der Waals surface area contributed by atoms with E-state index in [-0.39, 0.29) is 29.6 Å². The molecule has 1 aromatic carbocycles. The van der Waals surface area contributed by atoms with Crippen molar-refractivity contribution in [3.8, 4) is 0 Å². The summed E-state index contributed by atoms with van der Waals surface area (Å²) in [6.45, 7) is 1.91. The SMILES string of the molecule is CC(c1ccc(F)cc1)N(C)C(=O)C1CCC(C(=O)O)CC1. The van der Waals surface area contributed by atoms with E-state index in [1.54, 1.807) is 24.1 Å². The molecule has 1 aliphatic carbocycles.